The zero-order valence-corrected chi connectivity index (χ0v) is 18.4. The molecule has 0 aliphatic heterocycles. The van der Waals surface area contributed by atoms with Gasteiger partial charge in [0.25, 0.3) is 0 Å². The molecule has 4 rings (SSSR count). The Balaban J connectivity index is 1.74. The Hall–Kier alpha value is -3.72. The van der Waals surface area contributed by atoms with Crippen LogP contribution in [0.2, 0.25) is 0 Å². The van der Waals surface area contributed by atoms with Gasteiger partial charge in [0.15, 0.2) is 0 Å². The molecule has 6 heteroatoms. The van der Waals surface area contributed by atoms with Crippen molar-refractivity contribution < 1.29 is 22.0 Å². The lowest BCUT2D eigenvalue weighted by molar-refractivity contribution is 0.573. The Morgan fingerprint density at radius 1 is 0.735 bits per heavy atom. The molecule has 0 bridgehead atoms. The van der Waals surface area contributed by atoms with Crippen LogP contribution in [0.25, 0.3) is 33.0 Å². The van der Waals surface area contributed by atoms with Gasteiger partial charge < -0.3 is 0 Å². The van der Waals surface area contributed by atoms with E-state index in [4.69, 9.17) is 5.26 Å². The number of hydrogen-bond acceptors (Lipinski definition) is 1. The van der Waals surface area contributed by atoms with Gasteiger partial charge in [-0.1, -0.05) is 50.1 Å². The van der Waals surface area contributed by atoms with Crippen LogP contribution in [0.3, 0.4) is 0 Å². The quantitative estimate of drug-likeness (QED) is 0.207. The first-order valence-electron chi connectivity index (χ1n) is 10.9. The number of nitrogens with zero attached hydrogens (tertiary/aromatic N) is 1. The molecule has 34 heavy (non-hydrogen) atoms. The second-order valence-corrected chi connectivity index (χ2v) is 8.18. The topological polar surface area (TPSA) is 23.8 Å². The van der Waals surface area contributed by atoms with E-state index in [-0.39, 0.29) is 11.1 Å². The number of hydrogen-bond donors (Lipinski definition) is 0. The average molecular weight is 465 g/mol. The summed E-state index contributed by atoms with van der Waals surface area (Å²) in [5.41, 5.74) is -0.842. The molecule has 0 amide bonds. The zero-order chi connectivity index (χ0) is 24.4. The maximum atomic E-state index is 15.3. The summed E-state index contributed by atoms with van der Waals surface area (Å²) in [6.07, 6.45) is 4.15. The second kappa shape index (κ2) is 9.64. The third-order valence-electron chi connectivity index (χ3n) is 5.88. The van der Waals surface area contributed by atoms with Gasteiger partial charge in [-0.25, -0.2) is 22.0 Å². The number of halogens is 5. The zero-order valence-electron chi connectivity index (χ0n) is 18.4. The van der Waals surface area contributed by atoms with Crippen LogP contribution in [0.4, 0.5) is 22.0 Å². The van der Waals surface area contributed by atoms with E-state index >= 15 is 4.39 Å². The number of nitriles is 1. The van der Waals surface area contributed by atoms with Gasteiger partial charge in [0, 0.05) is 10.9 Å². The molecule has 0 spiro atoms. The first kappa shape index (κ1) is 23.4. The van der Waals surface area contributed by atoms with Crippen molar-refractivity contribution in [3.05, 3.63) is 94.8 Å². The molecule has 0 saturated heterocycles. The van der Waals surface area contributed by atoms with Crippen molar-refractivity contribution in [1.82, 2.24) is 0 Å². The summed E-state index contributed by atoms with van der Waals surface area (Å²) in [6, 6.07) is 13.2. The Labute approximate surface area is 194 Å². The van der Waals surface area contributed by atoms with Crippen molar-refractivity contribution in [2.75, 3.05) is 0 Å². The third-order valence-corrected chi connectivity index (χ3v) is 5.88. The minimum absolute atomic E-state index is 0.00720. The van der Waals surface area contributed by atoms with Crippen molar-refractivity contribution in [2.45, 2.75) is 32.6 Å². The normalized spacial score (nSPS) is 11.1. The van der Waals surface area contributed by atoms with Crippen LogP contribution in [0.1, 0.15) is 37.3 Å². The molecule has 0 unspecified atom stereocenters. The molecule has 0 aliphatic rings. The molecule has 0 N–H and O–H groups in total. The van der Waals surface area contributed by atoms with Gasteiger partial charge in [0.2, 0.25) is 0 Å². The van der Waals surface area contributed by atoms with Gasteiger partial charge in [-0.2, -0.15) is 5.26 Å². The number of fused-ring (bicyclic) bond motifs is 1. The average Bonchev–Trinajstić information content (AvgIpc) is 2.79. The number of benzene rings is 4. The fourth-order valence-corrected chi connectivity index (χ4v) is 4.13. The van der Waals surface area contributed by atoms with Crippen molar-refractivity contribution in [1.29, 1.82) is 5.26 Å². The van der Waals surface area contributed by atoms with E-state index in [9.17, 15) is 17.6 Å². The molecule has 0 heterocycles. The van der Waals surface area contributed by atoms with Gasteiger partial charge in [-0.3, -0.25) is 0 Å². The van der Waals surface area contributed by atoms with Crippen molar-refractivity contribution in [3.63, 3.8) is 0 Å². The Morgan fingerprint density at radius 3 is 2.00 bits per heavy atom. The van der Waals surface area contributed by atoms with Crippen molar-refractivity contribution >= 4 is 10.8 Å². The fraction of sp³-hybridized carbons (Fsp3) is 0.179. The Morgan fingerprint density at radius 2 is 1.38 bits per heavy atom. The van der Waals surface area contributed by atoms with E-state index in [1.54, 1.807) is 12.1 Å². The maximum Gasteiger partial charge on any atom is 0.144 e. The molecular formula is C28H20F5N. The van der Waals surface area contributed by atoms with Gasteiger partial charge in [0.05, 0.1) is 5.56 Å². The van der Waals surface area contributed by atoms with Crippen LogP contribution in [-0.4, -0.2) is 0 Å². The lowest BCUT2D eigenvalue weighted by Gasteiger charge is -2.12. The summed E-state index contributed by atoms with van der Waals surface area (Å²) in [6.45, 7) is 2.12. The van der Waals surface area contributed by atoms with E-state index in [0.717, 1.165) is 43.4 Å². The number of unbranched alkanes of at least 4 members (excludes halogenated alkanes) is 2. The Kier molecular flexibility index (Phi) is 6.65. The summed E-state index contributed by atoms with van der Waals surface area (Å²) in [5.74, 6) is -5.28. The Bertz CT molecular complexity index is 1390. The van der Waals surface area contributed by atoms with E-state index in [1.165, 1.54) is 12.1 Å². The lowest BCUT2D eigenvalue weighted by Crippen LogP contribution is -1.97. The van der Waals surface area contributed by atoms with Crippen LogP contribution >= 0.6 is 0 Å². The fourth-order valence-electron chi connectivity index (χ4n) is 4.13. The van der Waals surface area contributed by atoms with E-state index in [2.05, 4.69) is 6.92 Å². The molecule has 172 valence electrons. The molecule has 0 aromatic heterocycles. The van der Waals surface area contributed by atoms with Gasteiger partial charge in [0.1, 0.15) is 40.7 Å². The van der Waals surface area contributed by atoms with Crippen molar-refractivity contribution in [3.8, 4) is 28.3 Å². The molecule has 0 saturated carbocycles. The highest BCUT2D eigenvalue weighted by Crippen LogP contribution is 2.35. The first-order valence-corrected chi connectivity index (χ1v) is 10.9. The van der Waals surface area contributed by atoms with Gasteiger partial charge >= 0.3 is 0 Å². The third kappa shape index (κ3) is 4.38. The van der Waals surface area contributed by atoms with Crippen LogP contribution in [0.5, 0.6) is 0 Å². The molecule has 0 aliphatic carbocycles. The van der Waals surface area contributed by atoms with E-state index in [1.807, 2.05) is 12.1 Å². The molecule has 1 nitrogen and oxygen atoms in total. The monoisotopic (exact) mass is 465 g/mol. The highest BCUT2D eigenvalue weighted by molar-refractivity contribution is 5.89. The van der Waals surface area contributed by atoms with Crippen LogP contribution in [-0.2, 0) is 6.42 Å². The minimum atomic E-state index is -1.23. The standard InChI is InChI=1S/C28H20F5N/c1-2-3-4-5-16-6-8-20-17(10-16)7-9-21(28(20)33)18-11-25(31)27(26(32)12-18)19-13-23(29)22(15-34)24(30)14-19/h6-14H,2-5H2,1H3. The molecular weight excluding hydrogens is 445 g/mol. The van der Waals surface area contributed by atoms with Gasteiger partial charge in [-0.05, 0) is 59.2 Å². The van der Waals surface area contributed by atoms with Crippen LogP contribution < -0.4 is 0 Å². The maximum absolute atomic E-state index is 15.3. The largest absolute Gasteiger partial charge is 0.206 e. The van der Waals surface area contributed by atoms with Crippen molar-refractivity contribution in [2.24, 2.45) is 0 Å². The predicted molar refractivity (Wildman–Crippen MR) is 123 cm³/mol. The summed E-state index contributed by atoms with van der Waals surface area (Å²) in [5, 5.41) is 9.81. The highest BCUT2D eigenvalue weighted by atomic mass is 19.1. The van der Waals surface area contributed by atoms with Crippen LogP contribution in [0.15, 0.2) is 54.6 Å². The number of aryl methyl sites for hydroxylation is 1. The van der Waals surface area contributed by atoms with Gasteiger partial charge in [-0.15, -0.1) is 0 Å². The summed E-state index contributed by atoms with van der Waals surface area (Å²) in [7, 11) is 0. The molecule has 4 aromatic rings. The molecule has 4 aromatic carbocycles. The predicted octanol–water partition coefficient (Wildman–Crippen LogP) is 8.47. The first-order chi connectivity index (χ1) is 16.3. The highest BCUT2D eigenvalue weighted by Gasteiger charge is 2.20. The lowest BCUT2D eigenvalue weighted by atomic mass is 9.95. The number of rotatable bonds is 6. The summed E-state index contributed by atoms with van der Waals surface area (Å²) >= 11 is 0. The minimum Gasteiger partial charge on any atom is -0.206 e. The summed E-state index contributed by atoms with van der Waals surface area (Å²) < 4.78 is 73.0. The molecule has 0 atom stereocenters. The molecule has 0 fully saturated rings. The van der Waals surface area contributed by atoms with E-state index in [0.29, 0.717) is 22.9 Å². The second-order valence-electron chi connectivity index (χ2n) is 8.18. The van der Waals surface area contributed by atoms with E-state index < -0.39 is 45.8 Å². The summed E-state index contributed by atoms with van der Waals surface area (Å²) in [4.78, 5) is 0. The SMILES string of the molecule is CCCCCc1ccc2c(F)c(-c3cc(F)c(-c4cc(F)c(C#N)c(F)c4)c(F)c3)ccc2c1. The smallest absolute Gasteiger partial charge is 0.144 e. The van der Waals surface area contributed by atoms with Crippen LogP contribution in [0, 0.1) is 40.4 Å². The molecule has 0 radical (unpaired) electrons.